The van der Waals surface area contributed by atoms with Crippen LogP contribution in [0.25, 0.3) is 6.08 Å². The van der Waals surface area contributed by atoms with E-state index in [0.29, 0.717) is 6.42 Å². The predicted octanol–water partition coefficient (Wildman–Crippen LogP) is 5.09. The molecule has 0 radical (unpaired) electrons. The summed E-state index contributed by atoms with van der Waals surface area (Å²) in [6.07, 6.45) is 4.73. The van der Waals surface area contributed by atoms with Crippen LogP contribution in [0.4, 0.5) is 17.1 Å². The highest BCUT2D eigenvalue weighted by molar-refractivity contribution is 5.78. The first-order valence-corrected chi connectivity index (χ1v) is 8.76. The van der Waals surface area contributed by atoms with Crippen LogP contribution in [-0.2, 0) is 6.42 Å². The number of anilines is 2. The van der Waals surface area contributed by atoms with Gasteiger partial charge in [0.15, 0.2) is 0 Å². The Balaban J connectivity index is 1.70. The quantitative estimate of drug-likeness (QED) is 0.474. The second-order valence-electron chi connectivity index (χ2n) is 6.74. The highest BCUT2D eigenvalue weighted by Gasteiger charge is 2.47. The van der Waals surface area contributed by atoms with Crippen LogP contribution in [-0.4, -0.2) is 10.6 Å². The molecule has 2 heterocycles. The minimum Gasteiger partial charge on any atom is -0.463 e. The van der Waals surface area contributed by atoms with E-state index in [4.69, 9.17) is 4.74 Å². The maximum atomic E-state index is 11.3. The summed E-state index contributed by atoms with van der Waals surface area (Å²) in [6.45, 7) is 0. The summed E-state index contributed by atoms with van der Waals surface area (Å²) in [5.41, 5.74) is 3.12. The molecule has 0 saturated carbocycles. The Bertz CT molecular complexity index is 1080. The number of para-hydroxylation sites is 2. The lowest BCUT2D eigenvalue weighted by Crippen LogP contribution is -2.48. The van der Waals surface area contributed by atoms with Gasteiger partial charge in [-0.15, -0.1) is 0 Å². The predicted molar refractivity (Wildman–Crippen MR) is 104 cm³/mol. The number of hydrogen-bond donors (Lipinski definition) is 0. The summed E-state index contributed by atoms with van der Waals surface area (Å²) in [5.74, 6) is 0.809. The van der Waals surface area contributed by atoms with E-state index in [2.05, 4.69) is 11.0 Å². The molecule has 5 nitrogen and oxygen atoms in total. The average Bonchev–Trinajstić information content (AvgIpc) is 3.00. The van der Waals surface area contributed by atoms with Crippen molar-refractivity contribution in [3.05, 3.63) is 100 Å². The maximum Gasteiger partial charge on any atom is 0.271 e. The van der Waals surface area contributed by atoms with Crippen LogP contribution in [0, 0.1) is 10.1 Å². The first kappa shape index (κ1) is 15.6. The van der Waals surface area contributed by atoms with Gasteiger partial charge < -0.3 is 4.74 Å². The molecule has 3 aromatic rings. The molecule has 5 heteroatoms. The van der Waals surface area contributed by atoms with Gasteiger partial charge in [-0.1, -0.05) is 36.4 Å². The van der Waals surface area contributed by atoms with Crippen molar-refractivity contribution >= 4 is 23.1 Å². The smallest absolute Gasteiger partial charge is 0.271 e. The van der Waals surface area contributed by atoms with E-state index in [1.165, 1.54) is 0 Å². The molecule has 0 aliphatic carbocycles. The van der Waals surface area contributed by atoms with Crippen LogP contribution in [0.1, 0.15) is 11.1 Å². The Morgan fingerprint density at radius 1 is 1.00 bits per heavy atom. The maximum absolute atomic E-state index is 11.3. The van der Waals surface area contributed by atoms with Crippen molar-refractivity contribution in [1.29, 1.82) is 0 Å². The van der Waals surface area contributed by atoms with Crippen LogP contribution in [0.5, 0.6) is 5.75 Å². The van der Waals surface area contributed by atoms with Gasteiger partial charge in [0.25, 0.3) is 5.69 Å². The number of nitrogens with zero attached hydrogens (tertiary/aromatic N) is 2. The SMILES string of the molecule is O=[N+]([O-])c1ccc2c(c1)N(c1ccccc1)C1(C=Cc3ccccc3O1)C2. The third-order valence-electron chi connectivity index (χ3n) is 5.09. The zero-order chi connectivity index (χ0) is 18.4. The van der Waals surface area contributed by atoms with E-state index in [9.17, 15) is 10.1 Å². The summed E-state index contributed by atoms with van der Waals surface area (Å²) in [7, 11) is 0. The van der Waals surface area contributed by atoms with Crippen LogP contribution >= 0.6 is 0 Å². The van der Waals surface area contributed by atoms with Crippen LogP contribution in [0.2, 0.25) is 0 Å². The van der Waals surface area contributed by atoms with E-state index >= 15 is 0 Å². The van der Waals surface area contributed by atoms with Crippen molar-refractivity contribution in [3.63, 3.8) is 0 Å². The molecule has 5 rings (SSSR count). The molecule has 0 fully saturated rings. The molecule has 1 unspecified atom stereocenters. The summed E-state index contributed by atoms with van der Waals surface area (Å²) in [6, 6.07) is 22.8. The summed E-state index contributed by atoms with van der Waals surface area (Å²) in [5, 5.41) is 11.3. The largest absolute Gasteiger partial charge is 0.463 e. The topological polar surface area (TPSA) is 55.6 Å². The Kier molecular flexibility index (Phi) is 3.31. The monoisotopic (exact) mass is 356 g/mol. The number of non-ortho nitro benzene ring substituents is 1. The molecule has 132 valence electrons. The fourth-order valence-corrected chi connectivity index (χ4v) is 3.88. The van der Waals surface area contributed by atoms with Gasteiger partial charge in [0.1, 0.15) is 5.75 Å². The van der Waals surface area contributed by atoms with Gasteiger partial charge in [-0.25, -0.2) is 0 Å². The third-order valence-corrected chi connectivity index (χ3v) is 5.09. The number of nitro groups is 1. The fourth-order valence-electron chi connectivity index (χ4n) is 3.88. The van der Waals surface area contributed by atoms with E-state index < -0.39 is 5.72 Å². The summed E-state index contributed by atoms with van der Waals surface area (Å²) in [4.78, 5) is 13.0. The molecule has 0 bridgehead atoms. The lowest BCUT2D eigenvalue weighted by atomic mass is 10.0. The van der Waals surface area contributed by atoms with Gasteiger partial charge in [0, 0.05) is 29.8 Å². The number of hydrogen-bond acceptors (Lipinski definition) is 4. The molecule has 0 amide bonds. The molecule has 3 aromatic carbocycles. The molecule has 0 aromatic heterocycles. The molecule has 0 saturated heterocycles. The highest BCUT2D eigenvalue weighted by atomic mass is 16.6. The highest BCUT2D eigenvalue weighted by Crippen LogP contribution is 2.49. The molecule has 2 aliphatic rings. The lowest BCUT2D eigenvalue weighted by Gasteiger charge is -2.40. The first-order chi connectivity index (χ1) is 13.2. The lowest BCUT2D eigenvalue weighted by molar-refractivity contribution is -0.384. The molecule has 1 spiro atoms. The van der Waals surface area contributed by atoms with Gasteiger partial charge in [-0.2, -0.15) is 0 Å². The standard InChI is InChI=1S/C22H16N2O3/c25-24(26)19-11-10-17-15-22(13-12-16-6-4-5-9-21(16)27-22)23(20(17)14-19)18-7-2-1-3-8-18/h1-14H,15H2. The van der Waals surface area contributed by atoms with Crippen molar-refractivity contribution in [2.75, 3.05) is 4.90 Å². The summed E-state index contributed by atoms with van der Waals surface area (Å²) < 4.78 is 6.50. The van der Waals surface area contributed by atoms with Crippen molar-refractivity contribution in [3.8, 4) is 5.75 Å². The Morgan fingerprint density at radius 3 is 2.59 bits per heavy atom. The average molecular weight is 356 g/mol. The second-order valence-corrected chi connectivity index (χ2v) is 6.74. The number of ether oxygens (including phenoxy) is 1. The fraction of sp³-hybridized carbons (Fsp3) is 0.0909. The van der Waals surface area contributed by atoms with Crippen molar-refractivity contribution < 1.29 is 9.66 Å². The molecule has 0 N–H and O–H groups in total. The van der Waals surface area contributed by atoms with Crippen molar-refractivity contribution in [1.82, 2.24) is 0 Å². The van der Waals surface area contributed by atoms with Crippen LogP contribution < -0.4 is 9.64 Å². The Labute approximate surface area is 156 Å². The number of nitro benzene ring substituents is 1. The van der Waals surface area contributed by atoms with Gasteiger partial charge in [-0.3, -0.25) is 15.0 Å². The van der Waals surface area contributed by atoms with Gasteiger partial charge in [0.2, 0.25) is 5.72 Å². The zero-order valence-electron chi connectivity index (χ0n) is 14.4. The minimum absolute atomic E-state index is 0.0759. The number of rotatable bonds is 2. The number of fused-ring (bicyclic) bond motifs is 2. The molecule has 2 aliphatic heterocycles. The van der Waals surface area contributed by atoms with Crippen molar-refractivity contribution in [2.24, 2.45) is 0 Å². The van der Waals surface area contributed by atoms with Crippen molar-refractivity contribution in [2.45, 2.75) is 12.1 Å². The molecule has 27 heavy (non-hydrogen) atoms. The zero-order valence-corrected chi connectivity index (χ0v) is 14.4. The van der Waals surface area contributed by atoms with E-state index in [-0.39, 0.29) is 10.6 Å². The second kappa shape index (κ2) is 5.71. The van der Waals surface area contributed by atoms with Gasteiger partial charge in [-0.05, 0) is 42.0 Å². The minimum atomic E-state index is -0.743. The molecular weight excluding hydrogens is 340 g/mol. The molecule has 1 atom stereocenters. The van der Waals surface area contributed by atoms with E-state index in [1.807, 2.05) is 66.7 Å². The third kappa shape index (κ3) is 2.39. The van der Waals surface area contributed by atoms with Gasteiger partial charge in [0.05, 0.1) is 10.6 Å². The van der Waals surface area contributed by atoms with Crippen LogP contribution in [0.15, 0.2) is 78.9 Å². The Hall–Kier alpha value is -3.60. The van der Waals surface area contributed by atoms with E-state index in [0.717, 1.165) is 28.3 Å². The van der Waals surface area contributed by atoms with Gasteiger partial charge >= 0.3 is 0 Å². The Morgan fingerprint density at radius 2 is 1.78 bits per heavy atom. The van der Waals surface area contributed by atoms with Crippen LogP contribution in [0.3, 0.4) is 0 Å². The molecular formula is C22H16N2O3. The number of benzene rings is 3. The summed E-state index contributed by atoms with van der Waals surface area (Å²) >= 11 is 0. The normalized spacial score (nSPS) is 19.5. The first-order valence-electron chi connectivity index (χ1n) is 8.76. The van der Waals surface area contributed by atoms with E-state index in [1.54, 1.807) is 12.1 Å².